The van der Waals surface area contributed by atoms with Crippen LogP contribution in [0.2, 0.25) is 0 Å². The molecule has 5 heteroatoms. The number of rotatable bonds is 7. The molecule has 2 N–H and O–H groups in total. The van der Waals surface area contributed by atoms with Crippen molar-refractivity contribution in [3.8, 4) is 11.5 Å². The van der Waals surface area contributed by atoms with Crippen LogP contribution in [-0.2, 0) is 0 Å². The van der Waals surface area contributed by atoms with Crippen LogP contribution in [0.1, 0.15) is 13.8 Å². The summed E-state index contributed by atoms with van der Waals surface area (Å²) >= 11 is 0. The van der Waals surface area contributed by atoms with Crippen molar-refractivity contribution in [3.05, 3.63) is 78.9 Å². The molecular formula is C23H25N3O2. The SMILES string of the molecule is CCN(CC)c1ccc(NC(=O)Nc2ccc(Oc3ccccc3)cc2)cc1. The van der Waals surface area contributed by atoms with E-state index in [-0.39, 0.29) is 6.03 Å². The van der Waals surface area contributed by atoms with Crippen LogP contribution in [0.5, 0.6) is 11.5 Å². The Bertz CT molecular complexity index is 874. The molecule has 3 rings (SSSR count). The lowest BCUT2D eigenvalue weighted by molar-refractivity contribution is 0.262. The molecule has 2 amide bonds. The lowest BCUT2D eigenvalue weighted by atomic mass is 10.2. The van der Waals surface area contributed by atoms with Gasteiger partial charge >= 0.3 is 6.03 Å². The first-order valence-electron chi connectivity index (χ1n) is 9.44. The molecule has 5 nitrogen and oxygen atoms in total. The fourth-order valence-electron chi connectivity index (χ4n) is 2.87. The van der Waals surface area contributed by atoms with Gasteiger partial charge in [0.1, 0.15) is 11.5 Å². The summed E-state index contributed by atoms with van der Waals surface area (Å²) in [6.07, 6.45) is 0. The minimum atomic E-state index is -0.285. The molecule has 144 valence electrons. The Labute approximate surface area is 166 Å². The van der Waals surface area contributed by atoms with Crippen molar-refractivity contribution in [3.63, 3.8) is 0 Å². The van der Waals surface area contributed by atoms with Crippen LogP contribution in [0.25, 0.3) is 0 Å². The molecule has 0 saturated carbocycles. The number of nitrogens with zero attached hydrogens (tertiary/aromatic N) is 1. The van der Waals surface area contributed by atoms with E-state index in [0.29, 0.717) is 11.4 Å². The fourth-order valence-corrected chi connectivity index (χ4v) is 2.87. The number of para-hydroxylation sites is 1. The highest BCUT2D eigenvalue weighted by molar-refractivity contribution is 5.99. The minimum absolute atomic E-state index is 0.285. The summed E-state index contributed by atoms with van der Waals surface area (Å²) in [5, 5.41) is 5.67. The van der Waals surface area contributed by atoms with Gasteiger partial charge in [-0.1, -0.05) is 18.2 Å². The molecule has 0 fully saturated rings. The Morgan fingerprint density at radius 2 is 1.25 bits per heavy atom. The first kappa shape index (κ1) is 19.3. The monoisotopic (exact) mass is 375 g/mol. The van der Waals surface area contributed by atoms with E-state index in [9.17, 15) is 4.79 Å². The summed E-state index contributed by atoms with van der Waals surface area (Å²) in [4.78, 5) is 14.5. The third-order valence-corrected chi connectivity index (χ3v) is 4.34. The van der Waals surface area contributed by atoms with Gasteiger partial charge in [-0.3, -0.25) is 0 Å². The summed E-state index contributed by atoms with van der Waals surface area (Å²) in [6, 6.07) is 24.4. The maximum Gasteiger partial charge on any atom is 0.323 e. The molecule has 0 unspecified atom stereocenters. The maximum absolute atomic E-state index is 12.2. The number of hydrogen-bond donors (Lipinski definition) is 2. The average molecular weight is 375 g/mol. The summed E-state index contributed by atoms with van der Waals surface area (Å²) < 4.78 is 5.75. The Kier molecular flexibility index (Phi) is 6.52. The molecule has 0 aliphatic heterocycles. The molecule has 0 aliphatic rings. The molecule has 3 aromatic rings. The molecule has 0 saturated heterocycles. The fraction of sp³-hybridized carbons (Fsp3) is 0.174. The molecule has 0 heterocycles. The first-order valence-corrected chi connectivity index (χ1v) is 9.44. The number of nitrogens with one attached hydrogen (secondary N) is 2. The summed E-state index contributed by atoms with van der Waals surface area (Å²) in [5.74, 6) is 1.48. The summed E-state index contributed by atoms with van der Waals surface area (Å²) in [5.41, 5.74) is 2.58. The predicted molar refractivity (Wildman–Crippen MR) is 116 cm³/mol. The van der Waals surface area contributed by atoms with Gasteiger partial charge in [0.25, 0.3) is 0 Å². The maximum atomic E-state index is 12.2. The van der Waals surface area contributed by atoms with Crippen molar-refractivity contribution in [1.29, 1.82) is 0 Å². The lowest BCUT2D eigenvalue weighted by Gasteiger charge is -2.21. The van der Waals surface area contributed by atoms with Crippen molar-refractivity contribution in [2.45, 2.75) is 13.8 Å². The average Bonchev–Trinajstić information content (AvgIpc) is 2.72. The van der Waals surface area contributed by atoms with E-state index in [4.69, 9.17) is 4.74 Å². The van der Waals surface area contributed by atoms with Crippen LogP contribution in [-0.4, -0.2) is 19.1 Å². The number of carbonyl (C=O) groups excluding carboxylic acids is 1. The van der Waals surface area contributed by atoms with Gasteiger partial charge in [-0.2, -0.15) is 0 Å². The molecule has 3 aromatic carbocycles. The normalized spacial score (nSPS) is 10.2. The van der Waals surface area contributed by atoms with Gasteiger partial charge in [-0.05, 0) is 74.5 Å². The quantitative estimate of drug-likeness (QED) is 0.535. The molecule has 0 atom stereocenters. The number of anilines is 3. The van der Waals surface area contributed by atoms with Crippen LogP contribution < -0.4 is 20.3 Å². The minimum Gasteiger partial charge on any atom is -0.457 e. The van der Waals surface area contributed by atoms with Gasteiger partial charge in [0, 0.05) is 30.2 Å². The van der Waals surface area contributed by atoms with E-state index in [2.05, 4.69) is 29.4 Å². The van der Waals surface area contributed by atoms with E-state index in [0.717, 1.165) is 30.2 Å². The second kappa shape index (κ2) is 9.46. The molecule has 0 bridgehead atoms. The van der Waals surface area contributed by atoms with Gasteiger partial charge in [0.2, 0.25) is 0 Å². The van der Waals surface area contributed by atoms with Gasteiger partial charge in [0.15, 0.2) is 0 Å². The highest BCUT2D eigenvalue weighted by atomic mass is 16.5. The standard InChI is InChI=1S/C23H25N3O2/c1-3-26(4-2)20-14-10-18(11-15-20)24-23(27)25-19-12-16-22(17-13-19)28-21-8-6-5-7-9-21/h5-17H,3-4H2,1-2H3,(H2,24,25,27). The molecule has 0 aliphatic carbocycles. The van der Waals surface area contributed by atoms with E-state index in [1.54, 1.807) is 12.1 Å². The largest absolute Gasteiger partial charge is 0.457 e. The second-order valence-corrected chi connectivity index (χ2v) is 6.24. The first-order chi connectivity index (χ1) is 13.7. The van der Waals surface area contributed by atoms with Crippen molar-refractivity contribution >= 4 is 23.1 Å². The van der Waals surface area contributed by atoms with Gasteiger partial charge in [-0.25, -0.2) is 4.79 Å². The zero-order chi connectivity index (χ0) is 19.8. The number of ether oxygens (including phenoxy) is 1. The third kappa shape index (κ3) is 5.27. The zero-order valence-corrected chi connectivity index (χ0v) is 16.2. The van der Waals surface area contributed by atoms with E-state index in [1.807, 2.05) is 66.7 Å². The number of amides is 2. The Balaban J connectivity index is 1.54. The topological polar surface area (TPSA) is 53.6 Å². The molecule has 0 aromatic heterocycles. The predicted octanol–water partition coefficient (Wildman–Crippen LogP) is 5.97. The van der Waals surface area contributed by atoms with Gasteiger partial charge in [0.05, 0.1) is 0 Å². The van der Waals surface area contributed by atoms with Crippen molar-refractivity contribution in [2.24, 2.45) is 0 Å². The van der Waals surface area contributed by atoms with Gasteiger partial charge < -0.3 is 20.3 Å². The van der Waals surface area contributed by atoms with Gasteiger partial charge in [-0.15, -0.1) is 0 Å². The van der Waals surface area contributed by atoms with Crippen LogP contribution in [0, 0.1) is 0 Å². The van der Waals surface area contributed by atoms with Crippen LogP contribution in [0.15, 0.2) is 78.9 Å². The van der Waals surface area contributed by atoms with E-state index < -0.39 is 0 Å². The highest BCUT2D eigenvalue weighted by Gasteiger charge is 2.05. The summed E-state index contributed by atoms with van der Waals surface area (Å²) in [6.45, 7) is 6.15. The number of carbonyl (C=O) groups is 1. The van der Waals surface area contributed by atoms with Crippen LogP contribution >= 0.6 is 0 Å². The smallest absolute Gasteiger partial charge is 0.323 e. The zero-order valence-electron chi connectivity index (χ0n) is 16.2. The van der Waals surface area contributed by atoms with Crippen LogP contribution in [0.4, 0.5) is 21.9 Å². The summed E-state index contributed by atoms with van der Waals surface area (Å²) in [7, 11) is 0. The van der Waals surface area contributed by atoms with E-state index >= 15 is 0 Å². The van der Waals surface area contributed by atoms with E-state index in [1.165, 1.54) is 0 Å². The molecule has 28 heavy (non-hydrogen) atoms. The van der Waals surface area contributed by atoms with Crippen molar-refractivity contribution in [2.75, 3.05) is 28.6 Å². The Hall–Kier alpha value is -3.47. The third-order valence-electron chi connectivity index (χ3n) is 4.34. The van der Waals surface area contributed by atoms with Crippen LogP contribution in [0.3, 0.4) is 0 Å². The molecular weight excluding hydrogens is 350 g/mol. The van der Waals surface area contributed by atoms with Crippen molar-refractivity contribution in [1.82, 2.24) is 0 Å². The molecule has 0 spiro atoms. The Morgan fingerprint density at radius 3 is 1.79 bits per heavy atom. The number of hydrogen-bond acceptors (Lipinski definition) is 3. The Morgan fingerprint density at radius 1 is 0.750 bits per heavy atom. The molecule has 0 radical (unpaired) electrons. The highest BCUT2D eigenvalue weighted by Crippen LogP contribution is 2.23. The number of urea groups is 1. The number of benzene rings is 3. The second-order valence-electron chi connectivity index (χ2n) is 6.24. The lowest BCUT2D eigenvalue weighted by Crippen LogP contribution is -2.22. The van der Waals surface area contributed by atoms with Crippen molar-refractivity contribution < 1.29 is 9.53 Å².